The zero-order chi connectivity index (χ0) is 14.1. The molecule has 0 amide bonds. The molecular weight excluding hydrogens is 313 g/mol. The van der Waals surface area contributed by atoms with Gasteiger partial charge < -0.3 is 5.32 Å². The maximum absolute atomic E-state index is 6.24. The lowest BCUT2D eigenvalue weighted by molar-refractivity contribution is 0.679. The topological polar surface area (TPSA) is 12.0 Å². The van der Waals surface area contributed by atoms with Gasteiger partial charge in [-0.2, -0.15) is 0 Å². The van der Waals surface area contributed by atoms with E-state index >= 15 is 0 Å². The maximum Gasteiger partial charge on any atom is 0.0638 e. The van der Waals surface area contributed by atoms with Crippen molar-refractivity contribution < 1.29 is 0 Å². The molecule has 0 spiro atoms. The Kier molecular flexibility index (Phi) is 4.11. The van der Waals surface area contributed by atoms with Crippen molar-refractivity contribution in [1.29, 1.82) is 0 Å². The average Bonchev–Trinajstić information content (AvgIpc) is 3.25. The molecule has 1 atom stereocenters. The van der Waals surface area contributed by atoms with Crippen LogP contribution in [-0.4, -0.2) is 0 Å². The van der Waals surface area contributed by atoms with Crippen molar-refractivity contribution in [3.05, 3.63) is 63.1 Å². The molecular formula is C16H14Cl3N. The summed E-state index contributed by atoms with van der Waals surface area (Å²) in [5.41, 5.74) is 2.11. The molecule has 20 heavy (non-hydrogen) atoms. The molecule has 0 bridgehead atoms. The van der Waals surface area contributed by atoms with Crippen LogP contribution in [0.15, 0.2) is 42.5 Å². The molecule has 2 aromatic carbocycles. The van der Waals surface area contributed by atoms with Gasteiger partial charge in [0, 0.05) is 10.0 Å². The fraction of sp³-hybridized carbons (Fsp3) is 0.250. The molecule has 4 heteroatoms. The Morgan fingerprint density at radius 2 is 1.55 bits per heavy atom. The largest absolute Gasteiger partial charge is 0.377 e. The molecule has 1 aliphatic rings. The summed E-state index contributed by atoms with van der Waals surface area (Å²) in [5, 5.41) is 5.65. The lowest BCUT2D eigenvalue weighted by Gasteiger charge is -2.21. The van der Waals surface area contributed by atoms with Crippen molar-refractivity contribution in [2.24, 2.45) is 5.92 Å². The Hall–Kier alpha value is -0.890. The molecule has 3 rings (SSSR count). The van der Waals surface area contributed by atoms with E-state index in [0.29, 0.717) is 16.0 Å². The van der Waals surface area contributed by atoms with Gasteiger partial charge in [-0.3, -0.25) is 0 Å². The zero-order valence-electron chi connectivity index (χ0n) is 10.7. The monoisotopic (exact) mass is 325 g/mol. The normalized spacial score (nSPS) is 15.9. The third kappa shape index (κ3) is 3.22. The summed E-state index contributed by atoms with van der Waals surface area (Å²) in [6, 6.07) is 13.7. The standard InChI is InChI=1S/C16H14Cl3N/c17-12-5-3-11(4-6-12)16(10-1-2-10)20-15-9-13(18)7-8-14(15)19/h3-10,16,20H,1-2H2. The van der Waals surface area contributed by atoms with Gasteiger partial charge in [0.2, 0.25) is 0 Å². The average molecular weight is 327 g/mol. The highest BCUT2D eigenvalue weighted by molar-refractivity contribution is 6.35. The molecule has 0 radical (unpaired) electrons. The van der Waals surface area contributed by atoms with E-state index in [-0.39, 0.29) is 6.04 Å². The van der Waals surface area contributed by atoms with E-state index in [1.165, 1.54) is 18.4 Å². The fourth-order valence-electron chi connectivity index (χ4n) is 2.35. The summed E-state index contributed by atoms with van der Waals surface area (Å²) in [5.74, 6) is 0.645. The Morgan fingerprint density at radius 1 is 0.900 bits per heavy atom. The summed E-state index contributed by atoms with van der Waals surface area (Å²) in [6.45, 7) is 0. The first kappa shape index (κ1) is 14.1. The summed E-state index contributed by atoms with van der Waals surface area (Å²) in [7, 11) is 0. The van der Waals surface area contributed by atoms with Crippen LogP contribution in [-0.2, 0) is 0 Å². The summed E-state index contributed by atoms with van der Waals surface area (Å²) < 4.78 is 0. The van der Waals surface area contributed by atoms with Gasteiger partial charge in [0.05, 0.1) is 16.8 Å². The molecule has 2 aromatic rings. The molecule has 1 saturated carbocycles. The van der Waals surface area contributed by atoms with Crippen molar-refractivity contribution in [2.75, 3.05) is 5.32 Å². The number of halogens is 3. The van der Waals surface area contributed by atoms with Gasteiger partial charge in [-0.05, 0) is 54.7 Å². The minimum atomic E-state index is 0.253. The number of hydrogen-bond acceptors (Lipinski definition) is 1. The molecule has 0 heterocycles. The SMILES string of the molecule is Clc1ccc(C(Nc2cc(Cl)ccc2Cl)C2CC2)cc1. The Bertz CT molecular complexity index is 606. The second-order valence-corrected chi connectivity index (χ2v) is 6.42. The van der Waals surface area contributed by atoms with Crippen LogP contribution < -0.4 is 5.32 Å². The lowest BCUT2D eigenvalue weighted by atomic mass is 10.0. The first-order chi connectivity index (χ1) is 9.63. The maximum atomic E-state index is 6.24. The highest BCUT2D eigenvalue weighted by atomic mass is 35.5. The van der Waals surface area contributed by atoms with Crippen LogP contribution in [0.4, 0.5) is 5.69 Å². The Balaban J connectivity index is 1.88. The van der Waals surface area contributed by atoms with Crippen molar-refractivity contribution in [3.63, 3.8) is 0 Å². The molecule has 104 valence electrons. The molecule has 0 saturated heterocycles. The summed E-state index contributed by atoms with van der Waals surface area (Å²) in [6.07, 6.45) is 2.47. The van der Waals surface area contributed by atoms with Gasteiger partial charge in [0.25, 0.3) is 0 Å². The summed E-state index contributed by atoms with van der Waals surface area (Å²) >= 11 is 18.2. The van der Waals surface area contributed by atoms with E-state index in [0.717, 1.165) is 10.7 Å². The first-order valence-corrected chi connectivity index (χ1v) is 7.74. The smallest absolute Gasteiger partial charge is 0.0638 e. The zero-order valence-corrected chi connectivity index (χ0v) is 13.0. The minimum absolute atomic E-state index is 0.253. The molecule has 1 N–H and O–H groups in total. The highest BCUT2D eigenvalue weighted by Gasteiger charge is 2.32. The third-order valence-electron chi connectivity index (χ3n) is 3.56. The van der Waals surface area contributed by atoms with E-state index < -0.39 is 0 Å². The molecule has 1 fully saturated rings. The van der Waals surface area contributed by atoms with Crippen LogP contribution in [0.25, 0.3) is 0 Å². The van der Waals surface area contributed by atoms with Crippen molar-refractivity contribution in [2.45, 2.75) is 18.9 Å². The number of nitrogens with one attached hydrogen (secondary N) is 1. The highest BCUT2D eigenvalue weighted by Crippen LogP contribution is 2.44. The van der Waals surface area contributed by atoms with Crippen LogP contribution in [0, 0.1) is 5.92 Å². The number of rotatable bonds is 4. The predicted molar refractivity (Wildman–Crippen MR) is 87.0 cm³/mol. The van der Waals surface area contributed by atoms with E-state index in [9.17, 15) is 0 Å². The van der Waals surface area contributed by atoms with E-state index in [4.69, 9.17) is 34.8 Å². The van der Waals surface area contributed by atoms with Gasteiger partial charge in [-0.1, -0.05) is 46.9 Å². The third-order valence-corrected chi connectivity index (χ3v) is 4.38. The van der Waals surface area contributed by atoms with Crippen LogP contribution >= 0.6 is 34.8 Å². The Labute approximate surface area is 133 Å². The Morgan fingerprint density at radius 3 is 2.20 bits per heavy atom. The van der Waals surface area contributed by atoms with Crippen LogP contribution in [0.1, 0.15) is 24.4 Å². The van der Waals surface area contributed by atoms with Gasteiger partial charge in [0.1, 0.15) is 0 Å². The molecule has 1 aliphatic carbocycles. The first-order valence-electron chi connectivity index (χ1n) is 6.60. The number of hydrogen-bond donors (Lipinski definition) is 1. The molecule has 1 unspecified atom stereocenters. The van der Waals surface area contributed by atoms with Gasteiger partial charge >= 0.3 is 0 Å². The minimum Gasteiger partial charge on any atom is -0.377 e. The van der Waals surface area contributed by atoms with Crippen LogP contribution in [0.3, 0.4) is 0 Å². The van der Waals surface area contributed by atoms with Crippen molar-refractivity contribution >= 4 is 40.5 Å². The van der Waals surface area contributed by atoms with Gasteiger partial charge in [0.15, 0.2) is 0 Å². The molecule has 0 aliphatic heterocycles. The fourth-order valence-corrected chi connectivity index (χ4v) is 2.82. The predicted octanol–water partition coefficient (Wildman–Crippen LogP) is 6.21. The van der Waals surface area contributed by atoms with E-state index in [2.05, 4.69) is 17.4 Å². The number of benzene rings is 2. The quantitative estimate of drug-likeness (QED) is 0.704. The number of anilines is 1. The van der Waals surface area contributed by atoms with Gasteiger partial charge in [-0.25, -0.2) is 0 Å². The second kappa shape index (κ2) is 5.85. The van der Waals surface area contributed by atoms with Gasteiger partial charge in [-0.15, -0.1) is 0 Å². The summed E-state index contributed by atoms with van der Waals surface area (Å²) in [4.78, 5) is 0. The van der Waals surface area contributed by atoms with Crippen LogP contribution in [0.5, 0.6) is 0 Å². The van der Waals surface area contributed by atoms with E-state index in [1.54, 1.807) is 6.07 Å². The second-order valence-electron chi connectivity index (χ2n) is 5.14. The van der Waals surface area contributed by atoms with Crippen molar-refractivity contribution in [3.8, 4) is 0 Å². The molecule has 0 aromatic heterocycles. The van der Waals surface area contributed by atoms with Crippen molar-refractivity contribution in [1.82, 2.24) is 0 Å². The molecule has 1 nitrogen and oxygen atoms in total. The van der Waals surface area contributed by atoms with Crippen LogP contribution in [0.2, 0.25) is 15.1 Å². The van der Waals surface area contributed by atoms with E-state index in [1.807, 2.05) is 24.3 Å². The lowest BCUT2D eigenvalue weighted by Crippen LogP contribution is -2.13.